The van der Waals surface area contributed by atoms with Gasteiger partial charge in [0.2, 0.25) is 0 Å². The van der Waals surface area contributed by atoms with E-state index in [-0.39, 0.29) is 56.8 Å². The molecule has 2 aromatic rings. The van der Waals surface area contributed by atoms with Gasteiger partial charge in [0.05, 0.1) is 12.6 Å². The molecule has 0 aliphatic carbocycles. The zero-order valence-corrected chi connectivity index (χ0v) is 18.0. The molecule has 0 saturated heterocycles. The Morgan fingerprint density at radius 1 is 0.680 bits per heavy atom. The van der Waals surface area contributed by atoms with Gasteiger partial charge in [-0.25, -0.2) is 0 Å². The van der Waals surface area contributed by atoms with Gasteiger partial charge in [0.25, 0.3) is 0 Å². The topological polar surface area (TPSA) is 37.4 Å². The molecule has 0 bridgehead atoms. The molecule has 0 N–H and O–H groups in total. The van der Waals surface area contributed by atoms with Crippen molar-refractivity contribution in [2.75, 3.05) is 19.6 Å². The van der Waals surface area contributed by atoms with Crippen molar-refractivity contribution >= 4 is 12.6 Å². The van der Waals surface area contributed by atoms with Crippen LogP contribution in [0.15, 0.2) is 60.7 Å². The molecule has 0 radical (unpaired) electrons. The first kappa shape index (κ1) is 29.1. The van der Waals surface area contributed by atoms with Crippen LogP contribution in [0.3, 0.4) is 0 Å². The Morgan fingerprint density at radius 3 is 1.08 bits per heavy atom. The molecule has 0 atom stereocenters. The molecule has 0 unspecified atom stereocenters. The molecule has 0 aliphatic heterocycles. The smallest absolute Gasteiger partial charge is 0.376 e. The van der Waals surface area contributed by atoms with Gasteiger partial charge < -0.3 is 21.9 Å². The third-order valence-electron chi connectivity index (χ3n) is 3.12. The average molecular weight is 478 g/mol. The van der Waals surface area contributed by atoms with E-state index in [0.29, 0.717) is 11.1 Å². The van der Waals surface area contributed by atoms with Gasteiger partial charge in [-0.3, -0.25) is 0 Å². The normalized spacial score (nSPS) is 8.32. The number of nitrogens with zero attached hydrogens (tertiary/aromatic N) is 1. The molecule has 25 heavy (non-hydrogen) atoms. The first-order chi connectivity index (χ1) is 11.2. The fourth-order valence-corrected chi connectivity index (χ4v) is 1.68. The molecule has 136 valence electrons. The SMILES string of the molecule is CCN(CC)CC.O=[C-]c1ccccc1.O=[C-]c1ccccc1.[CH3-].[Eu+3]. The Morgan fingerprint density at radius 2 is 0.960 bits per heavy atom. The molecular formula is C21H28EuNO2. The van der Waals surface area contributed by atoms with Crippen LogP contribution in [0.5, 0.6) is 0 Å². The van der Waals surface area contributed by atoms with Gasteiger partial charge in [0, 0.05) is 0 Å². The van der Waals surface area contributed by atoms with Gasteiger partial charge in [-0.15, -0.1) is 24.3 Å². The molecule has 0 amide bonds. The van der Waals surface area contributed by atoms with Crippen LogP contribution in [-0.2, 0) is 9.59 Å². The van der Waals surface area contributed by atoms with E-state index in [2.05, 4.69) is 25.7 Å². The predicted octanol–water partition coefficient (Wildman–Crippen LogP) is 4.09. The van der Waals surface area contributed by atoms with Crippen LogP contribution in [0.1, 0.15) is 31.9 Å². The van der Waals surface area contributed by atoms with Crippen molar-refractivity contribution in [3.63, 3.8) is 0 Å². The molecule has 0 aromatic heterocycles. The van der Waals surface area contributed by atoms with Crippen LogP contribution in [0.25, 0.3) is 0 Å². The van der Waals surface area contributed by atoms with Crippen molar-refractivity contribution in [2.45, 2.75) is 20.8 Å². The summed E-state index contributed by atoms with van der Waals surface area (Å²) >= 11 is 0. The standard InChI is InChI=1S/2C7H5O.C6H15N.CH3.Eu/c2*8-6-7-4-2-1-3-5-7;1-4-7(5-2)6-3;;/h2*1-5H;4-6H2,1-3H3;1H3;/q2*-1;;-1;+3. The van der Waals surface area contributed by atoms with Crippen molar-refractivity contribution in [3.8, 4) is 0 Å². The second kappa shape index (κ2) is 21.4. The fraction of sp³-hybridized carbons (Fsp3) is 0.286. The number of carbonyl (C=O) groups excluding carboxylic acids is 2. The minimum Gasteiger partial charge on any atom is -0.376 e. The van der Waals surface area contributed by atoms with Gasteiger partial charge >= 0.3 is 49.4 Å². The molecule has 0 fully saturated rings. The van der Waals surface area contributed by atoms with E-state index >= 15 is 0 Å². The minimum atomic E-state index is 0. The van der Waals surface area contributed by atoms with E-state index in [0.717, 1.165) is 0 Å². The summed E-state index contributed by atoms with van der Waals surface area (Å²) in [7, 11) is 0. The van der Waals surface area contributed by atoms with E-state index in [4.69, 9.17) is 0 Å². The van der Waals surface area contributed by atoms with E-state index in [1.807, 2.05) is 12.1 Å². The Bertz CT molecular complexity index is 465. The van der Waals surface area contributed by atoms with Gasteiger partial charge in [-0.05, 0) is 19.6 Å². The van der Waals surface area contributed by atoms with E-state index in [1.165, 1.54) is 19.6 Å². The first-order valence-corrected chi connectivity index (χ1v) is 7.80. The van der Waals surface area contributed by atoms with Gasteiger partial charge in [0.15, 0.2) is 0 Å². The maximum atomic E-state index is 9.88. The largest absolute Gasteiger partial charge is 3.00 e. The summed E-state index contributed by atoms with van der Waals surface area (Å²) in [5.41, 5.74) is 1.21. The second-order valence-electron chi connectivity index (χ2n) is 4.56. The van der Waals surface area contributed by atoms with E-state index < -0.39 is 0 Å². The number of hydrogen-bond donors (Lipinski definition) is 0. The van der Waals surface area contributed by atoms with Gasteiger partial charge in [-0.1, -0.05) is 32.9 Å². The van der Waals surface area contributed by atoms with Gasteiger partial charge in [0.1, 0.15) is 0 Å². The summed E-state index contributed by atoms with van der Waals surface area (Å²) in [6.45, 7) is 10.1. The number of benzene rings is 2. The molecular weight excluding hydrogens is 450 g/mol. The Kier molecular flexibility index (Phi) is 24.9. The van der Waals surface area contributed by atoms with Crippen LogP contribution >= 0.6 is 0 Å². The third-order valence-corrected chi connectivity index (χ3v) is 3.12. The summed E-state index contributed by atoms with van der Waals surface area (Å²) in [5.74, 6) is 0. The summed E-state index contributed by atoms with van der Waals surface area (Å²) in [6, 6.07) is 17.8. The van der Waals surface area contributed by atoms with Crippen molar-refractivity contribution in [1.82, 2.24) is 4.90 Å². The van der Waals surface area contributed by atoms with Crippen LogP contribution < -0.4 is 0 Å². The van der Waals surface area contributed by atoms with Crippen LogP contribution in [0, 0.1) is 56.8 Å². The monoisotopic (exact) mass is 479 g/mol. The average Bonchev–Trinajstić information content (AvgIpc) is 2.65. The summed E-state index contributed by atoms with van der Waals surface area (Å²) < 4.78 is 0. The summed E-state index contributed by atoms with van der Waals surface area (Å²) in [6.07, 6.45) is 3.55. The van der Waals surface area contributed by atoms with Crippen LogP contribution in [0.4, 0.5) is 0 Å². The minimum absolute atomic E-state index is 0. The molecule has 2 aromatic carbocycles. The van der Waals surface area contributed by atoms with Crippen molar-refractivity contribution < 1.29 is 59.0 Å². The zero-order chi connectivity index (χ0) is 17.3. The van der Waals surface area contributed by atoms with Crippen molar-refractivity contribution in [1.29, 1.82) is 0 Å². The molecule has 2 rings (SSSR count). The van der Waals surface area contributed by atoms with Crippen molar-refractivity contribution in [3.05, 3.63) is 79.2 Å². The molecule has 0 saturated carbocycles. The Labute approximate surface area is 194 Å². The molecule has 0 spiro atoms. The molecule has 3 nitrogen and oxygen atoms in total. The number of rotatable bonds is 5. The Balaban J connectivity index is -0.000000280. The predicted molar refractivity (Wildman–Crippen MR) is 102 cm³/mol. The molecule has 0 heterocycles. The first-order valence-electron chi connectivity index (χ1n) is 7.80. The molecule has 4 heteroatoms. The van der Waals surface area contributed by atoms with Crippen LogP contribution in [0.2, 0.25) is 0 Å². The zero-order valence-electron chi connectivity index (χ0n) is 15.5. The second-order valence-corrected chi connectivity index (χ2v) is 4.56. The Hall–Kier alpha value is -0.676. The van der Waals surface area contributed by atoms with E-state index in [9.17, 15) is 9.59 Å². The fourth-order valence-electron chi connectivity index (χ4n) is 1.68. The van der Waals surface area contributed by atoms with Gasteiger partial charge in [-0.2, -0.15) is 35.4 Å². The maximum absolute atomic E-state index is 9.88. The van der Waals surface area contributed by atoms with Crippen LogP contribution in [-0.4, -0.2) is 37.1 Å². The third kappa shape index (κ3) is 16.5. The van der Waals surface area contributed by atoms with E-state index in [1.54, 1.807) is 61.1 Å². The maximum Gasteiger partial charge on any atom is 3.00 e. The summed E-state index contributed by atoms with van der Waals surface area (Å²) in [4.78, 5) is 22.1. The van der Waals surface area contributed by atoms with Crippen molar-refractivity contribution in [2.24, 2.45) is 0 Å². The molecule has 0 aliphatic rings. The quantitative estimate of drug-likeness (QED) is 0.608. The number of hydrogen-bond acceptors (Lipinski definition) is 3. The summed E-state index contributed by atoms with van der Waals surface area (Å²) in [5, 5.41) is 0.